The van der Waals surface area contributed by atoms with E-state index in [2.05, 4.69) is 15.4 Å². The van der Waals surface area contributed by atoms with Gasteiger partial charge in [-0.1, -0.05) is 41.5 Å². The van der Waals surface area contributed by atoms with Gasteiger partial charge in [0, 0.05) is 27.7 Å². The standard InChI is InChI=1S/C21H16Cl2N4O3S/c1-2-18-25-21-27(26-18)20(29)17(31-21)10-12-9-14(23)5-8-16(12)30-11-19(28)24-15-6-3-13(22)4-7-15/h3-10H,2,11H2,1H3,(H,24,28)/b17-10-. The highest BCUT2D eigenvalue weighted by molar-refractivity contribution is 7.15. The van der Waals surface area contributed by atoms with Crippen LogP contribution in [0.1, 0.15) is 18.3 Å². The van der Waals surface area contributed by atoms with Crippen LogP contribution in [0.25, 0.3) is 11.0 Å². The van der Waals surface area contributed by atoms with Crippen LogP contribution >= 0.6 is 34.5 Å². The maximum absolute atomic E-state index is 12.6. The van der Waals surface area contributed by atoms with E-state index in [9.17, 15) is 9.59 Å². The third-order valence-electron chi connectivity index (χ3n) is 4.29. The fraction of sp³-hybridized carbons (Fsp3) is 0.143. The predicted octanol–water partition coefficient (Wildman–Crippen LogP) is 3.59. The molecule has 2 aromatic heterocycles. The van der Waals surface area contributed by atoms with Crippen LogP contribution in [0.4, 0.5) is 5.69 Å². The van der Waals surface area contributed by atoms with E-state index >= 15 is 0 Å². The zero-order chi connectivity index (χ0) is 22.0. The Morgan fingerprint density at radius 1 is 1.19 bits per heavy atom. The average Bonchev–Trinajstić information content (AvgIpc) is 3.28. The molecule has 2 aromatic carbocycles. The molecule has 10 heteroatoms. The summed E-state index contributed by atoms with van der Waals surface area (Å²) in [7, 11) is 0. The third-order valence-corrected chi connectivity index (χ3v) is 5.73. The summed E-state index contributed by atoms with van der Waals surface area (Å²) in [5.74, 6) is 0.704. The molecule has 31 heavy (non-hydrogen) atoms. The minimum Gasteiger partial charge on any atom is -0.483 e. The quantitative estimate of drug-likeness (QED) is 0.461. The summed E-state index contributed by atoms with van der Waals surface area (Å²) in [5.41, 5.74) is 0.917. The molecule has 0 aliphatic carbocycles. The normalized spacial score (nSPS) is 11.8. The van der Waals surface area contributed by atoms with Crippen LogP contribution in [0.5, 0.6) is 5.75 Å². The van der Waals surface area contributed by atoms with Crippen LogP contribution in [0.15, 0.2) is 47.3 Å². The lowest BCUT2D eigenvalue weighted by atomic mass is 10.2. The van der Waals surface area contributed by atoms with Gasteiger partial charge >= 0.3 is 0 Å². The number of rotatable bonds is 6. The van der Waals surface area contributed by atoms with Gasteiger partial charge in [0.05, 0.1) is 4.53 Å². The molecule has 0 atom stereocenters. The Hall–Kier alpha value is -2.94. The number of carbonyl (C=O) groups is 1. The summed E-state index contributed by atoms with van der Waals surface area (Å²) in [6.45, 7) is 1.71. The smallest absolute Gasteiger partial charge is 0.291 e. The van der Waals surface area contributed by atoms with Crippen molar-refractivity contribution in [2.75, 3.05) is 11.9 Å². The highest BCUT2D eigenvalue weighted by Crippen LogP contribution is 2.24. The number of carbonyl (C=O) groups excluding carboxylic acids is 1. The Kier molecular flexibility index (Phi) is 6.22. The maximum Gasteiger partial charge on any atom is 0.291 e. The molecule has 0 aliphatic heterocycles. The topological polar surface area (TPSA) is 85.6 Å². The van der Waals surface area contributed by atoms with E-state index in [0.717, 1.165) is 0 Å². The number of benzene rings is 2. The highest BCUT2D eigenvalue weighted by atomic mass is 35.5. The molecule has 1 amide bonds. The lowest BCUT2D eigenvalue weighted by molar-refractivity contribution is -0.118. The Morgan fingerprint density at radius 3 is 2.65 bits per heavy atom. The van der Waals surface area contributed by atoms with Gasteiger partial charge in [-0.3, -0.25) is 9.59 Å². The van der Waals surface area contributed by atoms with E-state index in [0.29, 0.717) is 48.8 Å². The fourth-order valence-electron chi connectivity index (χ4n) is 2.80. The molecule has 158 valence electrons. The molecule has 4 rings (SSSR count). The van der Waals surface area contributed by atoms with Gasteiger partial charge in [-0.15, -0.1) is 5.10 Å². The van der Waals surface area contributed by atoms with Crippen LogP contribution in [0.2, 0.25) is 10.0 Å². The highest BCUT2D eigenvalue weighted by Gasteiger charge is 2.11. The number of aryl methyl sites for hydroxylation is 1. The molecule has 2 heterocycles. The van der Waals surface area contributed by atoms with E-state index in [-0.39, 0.29) is 18.1 Å². The van der Waals surface area contributed by atoms with Crippen molar-refractivity contribution in [1.82, 2.24) is 14.6 Å². The van der Waals surface area contributed by atoms with Gasteiger partial charge in [-0.2, -0.15) is 4.52 Å². The van der Waals surface area contributed by atoms with Crippen molar-refractivity contribution in [1.29, 1.82) is 0 Å². The number of fused-ring (bicyclic) bond motifs is 1. The fourth-order valence-corrected chi connectivity index (χ4v) is 4.03. The summed E-state index contributed by atoms with van der Waals surface area (Å²) < 4.78 is 7.42. The minimum absolute atomic E-state index is 0.218. The van der Waals surface area contributed by atoms with E-state index in [4.69, 9.17) is 27.9 Å². The summed E-state index contributed by atoms with van der Waals surface area (Å²) in [6, 6.07) is 11.7. The number of amides is 1. The van der Waals surface area contributed by atoms with Crippen molar-refractivity contribution in [3.63, 3.8) is 0 Å². The van der Waals surface area contributed by atoms with Gasteiger partial charge in [0.15, 0.2) is 12.4 Å². The van der Waals surface area contributed by atoms with E-state index in [1.807, 2.05) is 6.92 Å². The van der Waals surface area contributed by atoms with Gasteiger partial charge in [0.1, 0.15) is 5.75 Å². The lowest BCUT2D eigenvalue weighted by Gasteiger charge is -2.10. The number of aromatic nitrogens is 3. The number of nitrogens with zero attached hydrogens (tertiary/aromatic N) is 3. The molecule has 0 aliphatic rings. The molecular formula is C21H16Cl2N4O3S. The van der Waals surface area contributed by atoms with Crippen molar-refractivity contribution in [3.8, 4) is 5.75 Å². The van der Waals surface area contributed by atoms with Crippen LogP contribution in [0, 0.1) is 0 Å². The van der Waals surface area contributed by atoms with Crippen molar-refractivity contribution in [3.05, 3.63) is 78.8 Å². The van der Waals surface area contributed by atoms with E-state index in [1.54, 1.807) is 48.5 Å². The predicted molar refractivity (Wildman–Crippen MR) is 122 cm³/mol. The minimum atomic E-state index is -0.335. The number of halogens is 2. The van der Waals surface area contributed by atoms with Crippen molar-refractivity contribution >= 4 is 57.2 Å². The summed E-state index contributed by atoms with van der Waals surface area (Å²) in [6.07, 6.45) is 2.31. The number of hydrogen-bond donors (Lipinski definition) is 1. The first-order valence-corrected chi connectivity index (χ1v) is 10.9. The number of nitrogens with one attached hydrogen (secondary N) is 1. The molecular weight excluding hydrogens is 459 g/mol. The van der Waals surface area contributed by atoms with E-state index in [1.165, 1.54) is 15.9 Å². The molecule has 0 fully saturated rings. The first-order valence-electron chi connectivity index (χ1n) is 9.31. The Labute approximate surface area is 190 Å². The summed E-state index contributed by atoms with van der Waals surface area (Å²) in [4.78, 5) is 29.7. The first-order chi connectivity index (χ1) is 14.9. The molecule has 0 unspecified atom stereocenters. The van der Waals surface area contributed by atoms with Crippen LogP contribution < -0.4 is 20.1 Å². The van der Waals surface area contributed by atoms with Gasteiger partial charge < -0.3 is 10.1 Å². The largest absolute Gasteiger partial charge is 0.483 e. The third kappa shape index (κ3) is 4.87. The zero-order valence-corrected chi connectivity index (χ0v) is 18.6. The molecule has 1 N–H and O–H groups in total. The van der Waals surface area contributed by atoms with Gasteiger partial charge in [-0.25, -0.2) is 4.98 Å². The van der Waals surface area contributed by atoms with Gasteiger partial charge in [0.25, 0.3) is 11.5 Å². The zero-order valence-electron chi connectivity index (χ0n) is 16.3. The van der Waals surface area contributed by atoms with Crippen LogP contribution in [-0.4, -0.2) is 27.1 Å². The monoisotopic (exact) mass is 474 g/mol. The SMILES string of the molecule is CCc1nc2s/c(=C\c3cc(Cl)ccc3OCC(=O)Nc3ccc(Cl)cc3)c(=O)n2n1. The van der Waals surface area contributed by atoms with Crippen LogP contribution in [-0.2, 0) is 11.2 Å². The van der Waals surface area contributed by atoms with Crippen molar-refractivity contribution in [2.24, 2.45) is 0 Å². The molecule has 7 nitrogen and oxygen atoms in total. The number of anilines is 1. The van der Waals surface area contributed by atoms with Crippen LogP contribution in [0.3, 0.4) is 0 Å². The Morgan fingerprint density at radius 2 is 1.94 bits per heavy atom. The number of hydrogen-bond acceptors (Lipinski definition) is 6. The maximum atomic E-state index is 12.6. The molecule has 0 saturated carbocycles. The van der Waals surface area contributed by atoms with Crippen molar-refractivity contribution in [2.45, 2.75) is 13.3 Å². The summed E-state index contributed by atoms with van der Waals surface area (Å²) in [5, 5.41) is 7.99. The second kappa shape index (κ2) is 9.05. The Balaban J connectivity index is 1.56. The molecule has 0 radical (unpaired) electrons. The second-order valence-corrected chi connectivity index (χ2v) is 8.40. The Bertz CT molecular complexity index is 1370. The lowest BCUT2D eigenvalue weighted by Crippen LogP contribution is -2.24. The first kappa shape index (κ1) is 21.3. The average molecular weight is 475 g/mol. The number of thiazole rings is 1. The molecule has 0 spiro atoms. The van der Waals surface area contributed by atoms with E-state index < -0.39 is 0 Å². The van der Waals surface area contributed by atoms with Gasteiger partial charge in [-0.05, 0) is 48.5 Å². The summed E-state index contributed by atoms with van der Waals surface area (Å²) >= 11 is 13.2. The second-order valence-electron chi connectivity index (χ2n) is 6.52. The number of ether oxygens (including phenoxy) is 1. The molecule has 0 saturated heterocycles. The molecule has 0 bridgehead atoms. The van der Waals surface area contributed by atoms with Gasteiger partial charge in [0.2, 0.25) is 4.96 Å². The van der Waals surface area contributed by atoms with Crippen molar-refractivity contribution < 1.29 is 9.53 Å². The molecule has 4 aromatic rings.